The first-order valence-electron chi connectivity index (χ1n) is 9.89. The highest BCUT2D eigenvalue weighted by Gasteiger charge is 2.24. The van der Waals surface area contributed by atoms with E-state index in [9.17, 15) is 18.0 Å². The SMILES string of the molecule is CCOC(=O)c1cc(CC(=O)c2ccc(Cl)cc2)n(NS(=O)(=O)c2ccc(C)cc2)c1C. The number of carbonyl (C=O) groups is 2. The number of sulfonamides is 1. The molecule has 1 N–H and O–H groups in total. The Morgan fingerprint density at radius 3 is 2.25 bits per heavy atom. The van der Waals surface area contributed by atoms with E-state index in [1.807, 2.05) is 6.92 Å². The first-order valence-corrected chi connectivity index (χ1v) is 11.7. The van der Waals surface area contributed by atoms with Crippen LogP contribution in [0.25, 0.3) is 0 Å². The second kappa shape index (κ2) is 9.58. The van der Waals surface area contributed by atoms with Crippen molar-refractivity contribution >= 4 is 33.4 Å². The first kappa shape index (κ1) is 23.6. The van der Waals surface area contributed by atoms with Gasteiger partial charge < -0.3 is 4.74 Å². The van der Waals surface area contributed by atoms with Crippen molar-refractivity contribution in [3.05, 3.63) is 87.7 Å². The fourth-order valence-electron chi connectivity index (χ4n) is 3.14. The second-order valence-corrected chi connectivity index (χ2v) is 9.30. The number of hydrogen-bond acceptors (Lipinski definition) is 5. The molecule has 0 amide bonds. The van der Waals surface area contributed by atoms with Crippen LogP contribution in [0.5, 0.6) is 0 Å². The van der Waals surface area contributed by atoms with Crippen LogP contribution in [0.4, 0.5) is 0 Å². The molecule has 3 aromatic rings. The minimum absolute atomic E-state index is 0.0591. The molecule has 0 aliphatic heterocycles. The molecule has 32 heavy (non-hydrogen) atoms. The molecule has 1 aromatic heterocycles. The van der Waals surface area contributed by atoms with Crippen LogP contribution in [0.1, 0.15) is 44.6 Å². The van der Waals surface area contributed by atoms with Crippen LogP contribution in [0.15, 0.2) is 59.5 Å². The summed E-state index contributed by atoms with van der Waals surface area (Å²) in [5.74, 6) is -0.858. The Hall–Kier alpha value is -3.10. The number of Topliss-reactive ketones (excluding diaryl/α,β-unsaturated/α-hetero) is 1. The van der Waals surface area contributed by atoms with Crippen molar-refractivity contribution in [2.75, 3.05) is 11.4 Å². The predicted molar refractivity (Wildman–Crippen MR) is 122 cm³/mol. The molecule has 7 nitrogen and oxygen atoms in total. The van der Waals surface area contributed by atoms with Crippen LogP contribution in [-0.4, -0.2) is 31.5 Å². The number of hydrogen-bond donors (Lipinski definition) is 1. The van der Waals surface area contributed by atoms with Gasteiger partial charge in [-0.25, -0.2) is 9.63 Å². The van der Waals surface area contributed by atoms with Gasteiger partial charge in [0, 0.05) is 16.3 Å². The smallest absolute Gasteiger partial charge is 0.340 e. The number of ketones is 1. The van der Waals surface area contributed by atoms with Gasteiger partial charge in [-0.1, -0.05) is 29.3 Å². The molecule has 0 fully saturated rings. The van der Waals surface area contributed by atoms with Gasteiger partial charge in [-0.15, -0.1) is 0 Å². The number of halogens is 1. The molecule has 0 atom stereocenters. The largest absolute Gasteiger partial charge is 0.462 e. The van der Waals surface area contributed by atoms with Gasteiger partial charge in [0.25, 0.3) is 10.0 Å². The fourth-order valence-corrected chi connectivity index (χ4v) is 4.36. The average molecular weight is 475 g/mol. The summed E-state index contributed by atoms with van der Waals surface area (Å²) in [5.41, 5.74) is 2.13. The Morgan fingerprint density at radius 1 is 1.03 bits per heavy atom. The van der Waals surface area contributed by atoms with E-state index in [2.05, 4.69) is 4.83 Å². The lowest BCUT2D eigenvalue weighted by atomic mass is 10.1. The van der Waals surface area contributed by atoms with Crippen molar-refractivity contribution in [2.24, 2.45) is 0 Å². The molecule has 3 rings (SSSR count). The van der Waals surface area contributed by atoms with Crippen molar-refractivity contribution in [1.29, 1.82) is 0 Å². The maximum absolute atomic E-state index is 13.0. The third-order valence-corrected chi connectivity index (χ3v) is 6.44. The molecule has 1 heterocycles. The van der Waals surface area contributed by atoms with E-state index in [0.29, 0.717) is 22.0 Å². The Bertz CT molecular complexity index is 1250. The third-order valence-electron chi connectivity index (χ3n) is 4.87. The van der Waals surface area contributed by atoms with Crippen molar-refractivity contribution < 1.29 is 22.7 Å². The zero-order valence-electron chi connectivity index (χ0n) is 17.9. The summed E-state index contributed by atoms with van der Waals surface area (Å²) in [4.78, 5) is 27.7. The number of rotatable bonds is 8. The predicted octanol–water partition coefficient (Wildman–Crippen LogP) is 4.29. The van der Waals surface area contributed by atoms with Gasteiger partial charge in [-0.3, -0.25) is 9.47 Å². The van der Waals surface area contributed by atoms with Gasteiger partial charge in [0.15, 0.2) is 5.78 Å². The fraction of sp³-hybridized carbons (Fsp3) is 0.217. The molecule has 168 valence electrons. The molecule has 0 aliphatic carbocycles. The summed E-state index contributed by atoms with van der Waals surface area (Å²) in [7, 11) is -3.97. The Morgan fingerprint density at radius 2 is 1.66 bits per heavy atom. The Labute approximate surface area is 192 Å². The van der Waals surface area contributed by atoms with Crippen LogP contribution in [0.3, 0.4) is 0 Å². The molecule has 0 saturated carbocycles. The molecule has 0 spiro atoms. The third kappa shape index (κ3) is 5.20. The second-order valence-electron chi connectivity index (χ2n) is 7.21. The van der Waals surface area contributed by atoms with E-state index in [4.69, 9.17) is 16.3 Å². The summed E-state index contributed by atoms with van der Waals surface area (Å²) in [6.07, 6.45) is -0.141. The van der Waals surface area contributed by atoms with Gasteiger partial charge in [0.1, 0.15) is 0 Å². The summed E-state index contributed by atoms with van der Waals surface area (Å²) < 4.78 is 32.3. The summed E-state index contributed by atoms with van der Waals surface area (Å²) in [6.45, 7) is 5.28. The summed E-state index contributed by atoms with van der Waals surface area (Å²) in [6, 6.07) is 14.2. The number of nitrogens with zero attached hydrogens (tertiary/aromatic N) is 1. The van der Waals surface area contributed by atoms with Crippen molar-refractivity contribution in [3.8, 4) is 0 Å². The average Bonchev–Trinajstić information content (AvgIpc) is 3.04. The summed E-state index contributed by atoms with van der Waals surface area (Å²) in [5, 5.41) is 0.497. The van der Waals surface area contributed by atoms with Gasteiger partial charge in [-0.2, -0.15) is 8.42 Å². The quantitative estimate of drug-likeness (QED) is 0.388. The van der Waals surface area contributed by atoms with E-state index in [-0.39, 0.29) is 29.3 Å². The zero-order chi connectivity index (χ0) is 23.5. The normalized spacial score (nSPS) is 11.2. The van der Waals surface area contributed by atoms with Crippen molar-refractivity contribution in [3.63, 3.8) is 0 Å². The van der Waals surface area contributed by atoms with Gasteiger partial charge >= 0.3 is 5.97 Å². The lowest BCUT2D eigenvalue weighted by Crippen LogP contribution is -2.27. The van der Waals surface area contributed by atoms with E-state index < -0.39 is 16.0 Å². The minimum atomic E-state index is -3.97. The van der Waals surface area contributed by atoms with E-state index >= 15 is 0 Å². The van der Waals surface area contributed by atoms with Gasteiger partial charge in [0.05, 0.1) is 29.2 Å². The first-order chi connectivity index (χ1) is 15.1. The lowest BCUT2D eigenvalue weighted by molar-refractivity contribution is 0.0525. The minimum Gasteiger partial charge on any atom is -0.462 e. The number of aryl methyl sites for hydroxylation is 1. The van der Waals surface area contributed by atoms with E-state index in [1.165, 1.54) is 22.9 Å². The number of nitrogens with one attached hydrogen (secondary N) is 1. The number of ether oxygens (including phenoxy) is 1. The van der Waals surface area contributed by atoms with Crippen LogP contribution < -0.4 is 4.83 Å². The molecule has 0 bridgehead atoms. The lowest BCUT2D eigenvalue weighted by Gasteiger charge is -2.15. The topological polar surface area (TPSA) is 94.5 Å². The van der Waals surface area contributed by atoms with Crippen LogP contribution in [0, 0.1) is 13.8 Å². The molecular weight excluding hydrogens is 452 g/mol. The summed E-state index contributed by atoms with van der Waals surface area (Å²) >= 11 is 5.89. The highest BCUT2D eigenvalue weighted by molar-refractivity contribution is 7.92. The van der Waals surface area contributed by atoms with Crippen LogP contribution in [-0.2, 0) is 21.2 Å². The number of esters is 1. The van der Waals surface area contributed by atoms with Crippen molar-refractivity contribution in [1.82, 2.24) is 4.68 Å². The molecule has 0 aliphatic rings. The highest BCUT2D eigenvalue weighted by atomic mass is 35.5. The molecule has 2 aromatic carbocycles. The molecular formula is C23H23ClN2O5S. The molecule has 0 saturated heterocycles. The Kier molecular flexibility index (Phi) is 7.06. The maximum Gasteiger partial charge on any atom is 0.340 e. The van der Waals surface area contributed by atoms with Crippen LogP contribution in [0.2, 0.25) is 5.02 Å². The molecule has 9 heteroatoms. The number of aromatic nitrogens is 1. The van der Waals surface area contributed by atoms with E-state index in [1.54, 1.807) is 50.2 Å². The number of carbonyl (C=O) groups excluding carboxylic acids is 2. The maximum atomic E-state index is 13.0. The molecule has 0 unspecified atom stereocenters. The van der Waals surface area contributed by atoms with Crippen LogP contribution >= 0.6 is 11.6 Å². The zero-order valence-corrected chi connectivity index (χ0v) is 19.5. The van der Waals surface area contributed by atoms with Gasteiger partial charge in [-0.05, 0) is 63.2 Å². The standard InChI is InChI=1S/C23H23ClN2O5S/c1-4-31-23(28)21-13-19(14-22(27)17-7-9-18(24)10-8-17)26(16(21)3)25-32(29,30)20-11-5-15(2)6-12-20/h5-13,25H,4,14H2,1-3H3. The monoisotopic (exact) mass is 474 g/mol. The number of benzene rings is 2. The van der Waals surface area contributed by atoms with Crippen molar-refractivity contribution in [2.45, 2.75) is 32.1 Å². The van der Waals surface area contributed by atoms with E-state index in [0.717, 1.165) is 5.56 Å². The Balaban J connectivity index is 2.00. The molecule has 0 radical (unpaired) electrons. The highest BCUT2D eigenvalue weighted by Crippen LogP contribution is 2.21. The van der Waals surface area contributed by atoms with Gasteiger partial charge in [0.2, 0.25) is 0 Å².